The van der Waals surface area contributed by atoms with E-state index >= 15 is 0 Å². The Bertz CT molecular complexity index is 917. The largest absolute Gasteiger partial charge is 0.545 e. The van der Waals surface area contributed by atoms with Gasteiger partial charge in [-0.3, -0.25) is 0 Å². The van der Waals surface area contributed by atoms with Crippen LogP contribution in [0.15, 0.2) is 48.7 Å². The third-order valence-corrected chi connectivity index (χ3v) is 3.85. The van der Waals surface area contributed by atoms with Crippen LogP contribution in [0.2, 0.25) is 0 Å². The van der Waals surface area contributed by atoms with Crippen LogP contribution in [0.1, 0.15) is 10.4 Å². The number of nitrogens with two attached hydrogens (primary N) is 1. The van der Waals surface area contributed by atoms with E-state index in [0.29, 0.717) is 23.0 Å². The Labute approximate surface area is 144 Å². The van der Waals surface area contributed by atoms with Crippen LogP contribution in [-0.4, -0.2) is 30.0 Å². The van der Waals surface area contributed by atoms with Crippen molar-refractivity contribution in [3.05, 3.63) is 54.2 Å². The van der Waals surface area contributed by atoms with Crippen LogP contribution in [0.25, 0.3) is 16.8 Å². The highest BCUT2D eigenvalue weighted by molar-refractivity contribution is 5.86. The maximum absolute atomic E-state index is 10.8. The monoisotopic (exact) mass is 338 g/mol. The molecule has 1 heterocycles. The zero-order chi connectivity index (χ0) is 18.0. The number of hydrogen-bond donors (Lipinski definition) is 1. The van der Waals surface area contributed by atoms with E-state index in [0.717, 1.165) is 11.1 Å². The number of aromatic carboxylic acids is 1. The summed E-state index contributed by atoms with van der Waals surface area (Å²) in [5.41, 5.74) is 8.52. The molecule has 0 radical (unpaired) electrons. The normalized spacial score (nSPS) is 10.5. The van der Waals surface area contributed by atoms with Gasteiger partial charge in [0.2, 0.25) is 0 Å². The van der Waals surface area contributed by atoms with E-state index in [9.17, 15) is 9.90 Å². The topological polar surface area (TPSA) is 102 Å². The van der Waals surface area contributed by atoms with Crippen molar-refractivity contribution in [3.8, 4) is 28.3 Å². The molecule has 0 aliphatic carbocycles. The van der Waals surface area contributed by atoms with Crippen molar-refractivity contribution < 1.29 is 19.4 Å². The molecular formula is C18H16N3O4-. The van der Waals surface area contributed by atoms with Crippen LogP contribution in [-0.2, 0) is 0 Å². The standard InChI is InChI=1S/C18H17N3O4/c1-24-15-8-5-12(9-16(15)25-2)14-10-20-21(17(14)19)13-6-3-11(4-7-13)18(22)23/h3-10H,19H2,1-2H3,(H,22,23)/p-1. The molecule has 0 aliphatic heterocycles. The summed E-state index contributed by atoms with van der Waals surface area (Å²) in [5.74, 6) is 0.403. The minimum atomic E-state index is -1.23. The predicted octanol–water partition coefficient (Wildman–Crippen LogP) is 1.50. The highest BCUT2D eigenvalue weighted by atomic mass is 16.5. The molecule has 0 bridgehead atoms. The highest BCUT2D eigenvalue weighted by Crippen LogP contribution is 2.35. The molecule has 0 unspecified atom stereocenters. The Morgan fingerprint density at radius 1 is 1.08 bits per heavy atom. The third kappa shape index (κ3) is 2.99. The second-order valence-electron chi connectivity index (χ2n) is 5.26. The lowest BCUT2D eigenvalue weighted by molar-refractivity contribution is -0.255. The molecule has 25 heavy (non-hydrogen) atoms. The van der Waals surface area contributed by atoms with Gasteiger partial charge in [0.15, 0.2) is 11.5 Å². The number of nitrogen functional groups attached to an aromatic ring is 1. The summed E-state index contributed by atoms with van der Waals surface area (Å²) in [5, 5.41) is 15.1. The zero-order valence-electron chi connectivity index (χ0n) is 13.7. The molecule has 0 fully saturated rings. The molecule has 0 atom stereocenters. The average Bonchev–Trinajstić information content (AvgIpc) is 3.02. The molecule has 0 spiro atoms. The summed E-state index contributed by atoms with van der Waals surface area (Å²) in [6.45, 7) is 0. The van der Waals surface area contributed by atoms with E-state index in [-0.39, 0.29) is 5.56 Å². The summed E-state index contributed by atoms with van der Waals surface area (Å²) >= 11 is 0. The fourth-order valence-corrected chi connectivity index (χ4v) is 2.53. The number of anilines is 1. The molecule has 1 aromatic heterocycles. The summed E-state index contributed by atoms with van der Waals surface area (Å²) in [4.78, 5) is 10.8. The van der Waals surface area contributed by atoms with Crippen molar-refractivity contribution >= 4 is 11.8 Å². The SMILES string of the molecule is COc1ccc(-c2cnn(-c3ccc(C(=O)[O-])cc3)c2N)cc1OC. The Hall–Kier alpha value is -3.48. The van der Waals surface area contributed by atoms with Crippen molar-refractivity contribution in [1.82, 2.24) is 9.78 Å². The number of carbonyl (C=O) groups is 1. The Morgan fingerprint density at radius 2 is 1.76 bits per heavy atom. The first-order valence-corrected chi connectivity index (χ1v) is 7.43. The highest BCUT2D eigenvalue weighted by Gasteiger charge is 2.13. The van der Waals surface area contributed by atoms with Gasteiger partial charge in [0.1, 0.15) is 5.82 Å². The van der Waals surface area contributed by atoms with E-state index in [2.05, 4.69) is 5.10 Å². The zero-order valence-corrected chi connectivity index (χ0v) is 13.7. The fourth-order valence-electron chi connectivity index (χ4n) is 2.53. The molecule has 3 rings (SSSR count). The van der Waals surface area contributed by atoms with Crippen LogP contribution in [0, 0.1) is 0 Å². The number of carboxylic acids is 1. The number of nitrogens with zero attached hydrogens (tertiary/aromatic N) is 2. The van der Waals surface area contributed by atoms with Crippen molar-refractivity contribution in [1.29, 1.82) is 0 Å². The first-order chi connectivity index (χ1) is 12.0. The van der Waals surface area contributed by atoms with Gasteiger partial charge in [-0.1, -0.05) is 18.2 Å². The van der Waals surface area contributed by atoms with Gasteiger partial charge in [0, 0.05) is 5.56 Å². The molecule has 0 saturated carbocycles. The van der Waals surface area contributed by atoms with Crippen LogP contribution < -0.4 is 20.3 Å². The number of aromatic nitrogens is 2. The molecule has 0 aliphatic rings. The molecule has 0 amide bonds. The van der Waals surface area contributed by atoms with E-state index < -0.39 is 5.97 Å². The summed E-state index contributed by atoms with van der Waals surface area (Å²) in [6.07, 6.45) is 1.64. The average molecular weight is 338 g/mol. The number of carbonyl (C=O) groups excluding carboxylic acids is 1. The molecule has 3 aromatic rings. The van der Waals surface area contributed by atoms with Gasteiger partial charge in [-0.15, -0.1) is 0 Å². The van der Waals surface area contributed by atoms with Gasteiger partial charge >= 0.3 is 0 Å². The predicted molar refractivity (Wildman–Crippen MR) is 90.8 cm³/mol. The van der Waals surface area contributed by atoms with Gasteiger partial charge in [-0.2, -0.15) is 5.10 Å². The lowest BCUT2D eigenvalue weighted by Gasteiger charge is -2.10. The number of ether oxygens (including phenoxy) is 2. The van der Waals surface area contributed by atoms with Crippen LogP contribution in [0.3, 0.4) is 0 Å². The van der Waals surface area contributed by atoms with E-state index in [1.807, 2.05) is 12.1 Å². The van der Waals surface area contributed by atoms with Crippen LogP contribution in [0.4, 0.5) is 5.82 Å². The molecular weight excluding hydrogens is 322 g/mol. The quantitative estimate of drug-likeness (QED) is 0.756. The van der Waals surface area contributed by atoms with Crippen molar-refractivity contribution in [3.63, 3.8) is 0 Å². The summed E-state index contributed by atoms with van der Waals surface area (Å²) in [7, 11) is 3.13. The molecule has 7 heteroatoms. The Morgan fingerprint density at radius 3 is 2.36 bits per heavy atom. The second-order valence-corrected chi connectivity index (χ2v) is 5.26. The number of carboxylic acid groups (broad SMARTS) is 1. The number of hydrogen-bond acceptors (Lipinski definition) is 6. The van der Waals surface area contributed by atoms with Crippen molar-refractivity contribution in [2.75, 3.05) is 20.0 Å². The molecule has 128 valence electrons. The van der Waals surface area contributed by atoms with Crippen LogP contribution >= 0.6 is 0 Å². The number of benzene rings is 2. The lowest BCUT2D eigenvalue weighted by Crippen LogP contribution is -2.22. The van der Waals surface area contributed by atoms with Crippen LogP contribution in [0.5, 0.6) is 11.5 Å². The van der Waals surface area contributed by atoms with Gasteiger partial charge in [-0.05, 0) is 35.4 Å². The molecule has 0 saturated heterocycles. The first kappa shape index (κ1) is 16.4. The van der Waals surface area contributed by atoms with E-state index in [1.165, 1.54) is 16.8 Å². The minimum absolute atomic E-state index is 0.0922. The van der Waals surface area contributed by atoms with E-state index in [4.69, 9.17) is 15.2 Å². The van der Waals surface area contributed by atoms with Gasteiger partial charge in [0.05, 0.1) is 32.1 Å². The van der Waals surface area contributed by atoms with Gasteiger partial charge in [0.25, 0.3) is 0 Å². The van der Waals surface area contributed by atoms with Crippen molar-refractivity contribution in [2.45, 2.75) is 0 Å². The van der Waals surface area contributed by atoms with E-state index in [1.54, 1.807) is 38.6 Å². The fraction of sp³-hybridized carbons (Fsp3) is 0.111. The Balaban J connectivity index is 2.00. The van der Waals surface area contributed by atoms with Gasteiger partial charge in [-0.25, -0.2) is 4.68 Å². The third-order valence-electron chi connectivity index (χ3n) is 3.85. The first-order valence-electron chi connectivity index (χ1n) is 7.43. The summed E-state index contributed by atoms with van der Waals surface area (Å²) < 4.78 is 12.1. The Kier molecular flexibility index (Phi) is 4.30. The lowest BCUT2D eigenvalue weighted by atomic mass is 10.1. The van der Waals surface area contributed by atoms with Crippen molar-refractivity contribution in [2.24, 2.45) is 0 Å². The summed E-state index contributed by atoms with van der Waals surface area (Å²) in [6, 6.07) is 11.6. The second kappa shape index (κ2) is 6.56. The maximum atomic E-state index is 10.8. The maximum Gasteiger partial charge on any atom is 0.161 e. The molecule has 2 aromatic carbocycles. The minimum Gasteiger partial charge on any atom is -0.545 e. The number of rotatable bonds is 5. The molecule has 2 N–H and O–H groups in total. The molecule has 7 nitrogen and oxygen atoms in total. The van der Waals surface area contributed by atoms with Gasteiger partial charge < -0.3 is 25.1 Å². The number of methoxy groups -OCH3 is 2. The smallest absolute Gasteiger partial charge is 0.161 e.